The molecule has 3 aliphatic rings. The summed E-state index contributed by atoms with van der Waals surface area (Å²) >= 11 is 2.07. The first-order valence-electron chi connectivity index (χ1n) is 9.62. The molecule has 3 heterocycles. The minimum absolute atomic E-state index is 0.00327. The lowest BCUT2D eigenvalue weighted by Crippen LogP contribution is -2.40. The zero-order valence-electron chi connectivity index (χ0n) is 15.3. The van der Waals surface area contributed by atoms with Gasteiger partial charge in [0.15, 0.2) is 23.1 Å². The molecule has 3 saturated carbocycles. The number of aromatic nitrogens is 3. The van der Waals surface area contributed by atoms with Crippen LogP contribution in [0.15, 0.2) is 24.5 Å². The Morgan fingerprint density at radius 3 is 2.59 bits per heavy atom. The summed E-state index contributed by atoms with van der Waals surface area (Å²) in [6, 6.07) is 2.32. The van der Waals surface area contributed by atoms with Gasteiger partial charge in [0.2, 0.25) is 0 Å². The smallest absolute Gasteiger partial charge is 0.168 e. The molecule has 3 aromatic heterocycles. The molecule has 3 aliphatic carbocycles. The largest absolute Gasteiger partial charge is 0.365 e. The summed E-state index contributed by atoms with van der Waals surface area (Å²) in [6.45, 7) is 0. The molecule has 6 rings (SSSR count). The first-order chi connectivity index (χ1) is 14.0. The second-order valence-corrected chi connectivity index (χ2v) is 9.59. The zero-order chi connectivity index (χ0) is 20.1. The Hall–Kier alpha value is -1.49. The Morgan fingerprint density at radius 1 is 1.10 bits per heavy atom. The predicted molar refractivity (Wildman–Crippen MR) is 117 cm³/mol. The molecule has 1 N–H and O–H groups in total. The number of hydrogen-bond acceptors (Lipinski definition) is 4. The van der Waals surface area contributed by atoms with Gasteiger partial charge in [-0.2, -0.15) is 0 Å². The van der Waals surface area contributed by atoms with Crippen molar-refractivity contribution in [2.75, 3.05) is 5.32 Å². The Labute approximate surface area is 182 Å². The maximum atomic E-state index is 14.7. The van der Waals surface area contributed by atoms with Crippen LogP contribution in [0.1, 0.15) is 32.1 Å². The lowest BCUT2D eigenvalue weighted by Gasteiger charge is -2.42. The third kappa shape index (κ3) is 3.49. The molecule has 0 saturated heterocycles. The molecule has 0 aromatic carbocycles. The fraction of sp³-hybridized carbons (Fsp3) is 0.400. The Morgan fingerprint density at radius 2 is 1.90 bits per heavy atom. The van der Waals surface area contributed by atoms with Crippen molar-refractivity contribution in [1.29, 1.82) is 0 Å². The van der Waals surface area contributed by atoms with Crippen molar-refractivity contribution in [1.82, 2.24) is 13.9 Å². The number of nitrogens with zero attached hydrogens (tertiary/aromatic N) is 3. The van der Waals surface area contributed by atoms with Gasteiger partial charge in [0, 0.05) is 59.6 Å². The molecule has 3 fully saturated rings. The van der Waals surface area contributed by atoms with E-state index in [1.807, 2.05) is 0 Å². The van der Waals surface area contributed by atoms with Gasteiger partial charge in [-0.25, -0.2) is 23.1 Å². The summed E-state index contributed by atoms with van der Waals surface area (Å²) in [7, 11) is 1.33. The maximum Gasteiger partial charge on any atom is 0.168 e. The van der Waals surface area contributed by atoms with Crippen LogP contribution in [-0.2, 0) is 0 Å². The molecule has 9 heteroatoms. The molecule has 0 unspecified atom stereocenters. The summed E-state index contributed by atoms with van der Waals surface area (Å²) in [5, 5.41) is 3.68. The fourth-order valence-electron chi connectivity index (χ4n) is 4.78. The van der Waals surface area contributed by atoms with Gasteiger partial charge < -0.3 is 5.32 Å². The molecule has 2 bridgehead atoms. The number of fused-ring (bicyclic) bond motifs is 4. The first-order valence-corrected chi connectivity index (χ1v) is 12.9. The lowest BCUT2D eigenvalue weighted by atomic mass is 9.68. The van der Waals surface area contributed by atoms with Gasteiger partial charge in [-0.05, 0) is 37.2 Å². The second-order valence-electron chi connectivity index (χ2n) is 7.88. The van der Waals surface area contributed by atoms with Gasteiger partial charge in [0.1, 0.15) is 11.5 Å². The van der Waals surface area contributed by atoms with Crippen LogP contribution >= 0.6 is 30.3 Å². The van der Waals surface area contributed by atoms with Crippen LogP contribution in [-0.4, -0.2) is 20.0 Å². The van der Waals surface area contributed by atoms with E-state index in [0.717, 1.165) is 31.5 Å². The standard InChI is InChI=1S/C20H18F3IN4S/c21-12-6-13-14(9-28(29-24)20(13)25-8-12)18-15(22)7-16(23)19(27-18)26-17-5-10-1-3-11(17)4-2-10/h6-11,17H,1-5H2,(H,26,27)/t10?,11?,17-/m1/s1. The molecule has 29 heavy (non-hydrogen) atoms. The summed E-state index contributed by atoms with van der Waals surface area (Å²) in [4.78, 5) is 8.42. The van der Waals surface area contributed by atoms with Gasteiger partial charge in [-0.15, -0.1) is 0 Å². The maximum absolute atomic E-state index is 14.7. The van der Waals surface area contributed by atoms with E-state index in [1.54, 1.807) is 10.2 Å². The highest BCUT2D eigenvalue weighted by Gasteiger charge is 2.36. The highest BCUT2D eigenvalue weighted by molar-refractivity contribution is 14.2. The van der Waals surface area contributed by atoms with Crippen molar-refractivity contribution in [3.63, 3.8) is 0 Å². The molecule has 0 radical (unpaired) electrons. The topological polar surface area (TPSA) is 42.7 Å². The van der Waals surface area contributed by atoms with Gasteiger partial charge in [0.25, 0.3) is 0 Å². The minimum atomic E-state index is -0.778. The van der Waals surface area contributed by atoms with E-state index in [1.165, 1.54) is 28.0 Å². The monoisotopic (exact) mass is 530 g/mol. The normalized spacial score (nSPS) is 23.7. The lowest BCUT2D eigenvalue weighted by molar-refractivity contribution is 0.157. The van der Waals surface area contributed by atoms with Crippen molar-refractivity contribution in [2.45, 2.75) is 38.1 Å². The fourth-order valence-corrected chi connectivity index (χ4v) is 6.04. The molecule has 0 spiro atoms. The number of anilines is 1. The molecule has 1 atom stereocenters. The van der Waals surface area contributed by atoms with Gasteiger partial charge >= 0.3 is 0 Å². The summed E-state index contributed by atoms with van der Waals surface area (Å²) in [5.74, 6) is -0.761. The Kier molecular flexibility index (Phi) is 5.13. The van der Waals surface area contributed by atoms with Crippen LogP contribution in [0.3, 0.4) is 0 Å². The van der Waals surface area contributed by atoms with E-state index >= 15 is 0 Å². The number of rotatable bonds is 4. The van der Waals surface area contributed by atoms with Crippen molar-refractivity contribution in [3.8, 4) is 11.3 Å². The minimum Gasteiger partial charge on any atom is -0.365 e. The molecule has 4 nitrogen and oxygen atoms in total. The molecular formula is C20H18F3IN4S. The molecular weight excluding hydrogens is 512 g/mol. The second kappa shape index (κ2) is 7.64. The highest BCUT2D eigenvalue weighted by Crippen LogP contribution is 2.43. The van der Waals surface area contributed by atoms with E-state index in [9.17, 15) is 13.2 Å². The third-order valence-electron chi connectivity index (χ3n) is 6.21. The van der Waals surface area contributed by atoms with Gasteiger partial charge in [-0.3, -0.25) is 3.97 Å². The number of hydrogen-bond donors (Lipinski definition) is 1. The van der Waals surface area contributed by atoms with Crippen LogP contribution in [0, 0.1) is 29.3 Å². The summed E-state index contributed by atoms with van der Waals surface area (Å²) in [6.07, 6.45) is 8.53. The SMILES string of the molecule is Fc1cnc2c(c1)c(-c1nc(N[C@@H]3CC4CCC3CC4)c(F)cc1F)cn2SI. The van der Waals surface area contributed by atoms with Crippen molar-refractivity contribution in [3.05, 3.63) is 42.0 Å². The van der Waals surface area contributed by atoms with Crippen molar-refractivity contribution >= 4 is 47.2 Å². The highest BCUT2D eigenvalue weighted by atomic mass is 127. The van der Waals surface area contributed by atoms with Crippen LogP contribution in [0.2, 0.25) is 0 Å². The predicted octanol–water partition coefficient (Wildman–Crippen LogP) is 6.35. The number of pyridine rings is 2. The van der Waals surface area contributed by atoms with Crippen LogP contribution in [0.25, 0.3) is 22.3 Å². The van der Waals surface area contributed by atoms with Crippen molar-refractivity contribution in [2.24, 2.45) is 11.8 Å². The van der Waals surface area contributed by atoms with Crippen LogP contribution < -0.4 is 5.32 Å². The zero-order valence-corrected chi connectivity index (χ0v) is 18.3. The molecule has 0 aliphatic heterocycles. The number of nitrogens with one attached hydrogen (secondary N) is 1. The van der Waals surface area contributed by atoms with Crippen molar-refractivity contribution < 1.29 is 13.2 Å². The van der Waals surface area contributed by atoms with Gasteiger partial charge in [0.05, 0.1) is 6.20 Å². The number of halogens is 4. The van der Waals surface area contributed by atoms with Gasteiger partial charge in [-0.1, -0.05) is 12.8 Å². The van der Waals surface area contributed by atoms with E-state index in [2.05, 4.69) is 36.5 Å². The average molecular weight is 530 g/mol. The summed E-state index contributed by atoms with van der Waals surface area (Å²) < 4.78 is 44.8. The third-order valence-corrected chi connectivity index (χ3v) is 7.91. The molecule has 0 amide bonds. The quantitative estimate of drug-likeness (QED) is 0.400. The molecule has 152 valence electrons. The Bertz CT molecular complexity index is 1080. The summed E-state index contributed by atoms with van der Waals surface area (Å²) in [5.41, 5.74) is 0.892. The van der Waals surface area contributed by atoms with E-state index in [-0.39, 0.29) is 17.6 Å². The van der Waals surface area contributed by atoms with E-state index in [4.69, 9.17) is 0 Å². The first kappa shape index (κ1) is 19.5. The molecule has 3 aromatic rings. The Balaban J connectivity index is 1.57. The average Bonchev–Trinajstić information content (AvgIpc) is 3.08. The van der Waals surface area contributed by atoms with E-state index < -0.39 is 17.5 Å². The van der Waals surface area contributed by atoms with Crippen LogP contribution in [0.4, 0.5) is 19.0 Å². The van der Waals surface area contributed by atoms with E-state index in [0.29, 0.717) is 28.4 Å². The van der Waals surface area contributed by atoms with Crippen LogP contribution in [0.5, 0.6) is 0 Å².